The molecule has 1 atom stereocenters. The quantitative estimate of drug-likeness (QED) is 0.695. The average Bonchev–Trinajstić information content (AvgIpc) is 3.35. The van der Waals surface area contributed by atoms with Crippen molar-refractivity contribution in [3.8, 4) is 28.1 Å². The molecule has 0 aliphatic carbocycles. The Morgan fingerprint density at radius 2 is 2.29 bits per heavy atom. The topological polar surface area (TPSA) is 91.3 Å². The Hall–Kier alpha value is -2.71. The Bertz CT molecular complexity index is 1010. The summed E-state index contributed by atoms with van der Waals surface area (Å²) in [6, 6.07) is 6.02. The number of nitrogens with zero attached hydrogens (tertiary/aromatic N) is 3. The lowest BCUT2D eigenvalue weighted by Crippen LogP contribution is -2.42. The predicted octanol–water partition coefficient (Wildman–Crippen LogP) is 2.73. The van der Waals surface area contributed by atoms with Crippen molar-refractivity contribution in [2.24, 2.45) is 0 Å². The van der Waals surface area contributed by atoms with Crippen LogP contribution in [-0.2, 0) is 6.42 Å². The van der Waals surface area contributed by atoms with Crippen LogP contribution in [0.3, 0.4) is 0 Å². The van der Waals surface area contributed by atoms with E-state index < -0.39 is 6.10 Å². The van der Waals surface area contributed by atoms with Crippen molar-refractivity contribution in [2.45, 2.75) is 25.4 Å². The number of aliphatic hydroxyl groups excluding tert-OH is 1. The number of hydrogen-bond donors (Lipinski definition) is 2. The molecule has 144 valence electrons. The van der Waals surface area contributed by atoms with Crippen molar-refractivity contribution in [1.29, 1.82) is 0 Å². The van der Waals surface area contributed by atoms with Crippen LogP contribution in [0.5, 0.6) is 5.75 Å². The molecule has 1 amide bonds. The molecular formula is C20H20N4O3S. The number of benzene rings is 1. The van der Waals surface area contributed by atoms with Gasteiger partial charge in [0.25, 0.3) is 5.91 Å². The molecule has 0 unspecified atom stereocenters. The molecule has 2 aliphatic heterocycles. The van der Waals surface area contributed by atoms with Crippen molar-refractivity contribution in [3.05, 3.63) is 40.5 Å². The van der Waals surface area contributed by atoms with Crippen molar-refractivity contribution >= 4 is 17.2 Å². The number of carbonyl (C=O) groups excluding carboxylic acids is 1. The second-order valence-electron chi connectivity index (χ2n) is 7.13. The van der Waals surface area contributed by atoms with Crippen molar-refractivity contribution in [3.63, 3.8) is 0 Å². The third kappa shape index (κ3) is 3.08. The molecule has 0 bridgehead atoms. The first-order chi connectivity index (χ1) is 13.7. The van der Waals surface area contributed by atoms with Crippen LogP contribution in [0, 0.1) is 0 Å². The lowest BCUT2D eigenvalue weighted by atomic mass is 10.0. The van der Waals surface area contributed by atoms with Gasteiger partial charge in [0, 0.05) is 41.7 Å². The number of β-amino-alcohol motifs (C(OH)–C–C–N with tert-alkyl or cyclic N) is 1. The van der Waals surface area contributed by atoms with E-state index in [-0.39, 0.29) is 5.91 Å². The molecule has 28 heavy (non-hydrogen) atoms. The number of fused-ring (bicyclic) bond motifs is 3. The third-order valence-corrected chi connectivity index (χ3v) is 6.32. The second-order valence-corrected chi connectivity index (χ2v) is 8.22. The number of nitrogens with one attached hydrogen (secondary N) is 1. The van der Waals surface area contributed by atoms with Crippen LogP contribution >= 0.6 is 11.3 Å². The standard InChI is InChI=1S/C20H20N4O3S/c25-14-2-1-6-24(11-14)20(26)19-23-18-15-4-3-12(13-9-21-22-10-13)8-16(15)27-7-5-17(18)28-19/h3-4,8-10,14,25H,1-2,5-7,11H2,(H,21,22)/t14-/m1/s1. The number of carbonyl (C=O) groups is 1. The molecule has 7 nitrogen and oxygen atoms in total. The fraction of sp³-hybridized carbons (Fsp3) is 0.350. The fourth-order valence-corrected chi connectivity index (χ4v) is 4.80. The van der Waals surface area contributed by atoms with Crippen LogP contribution < -0.4 is 4.74 Å². The molecule has 2 aromatic heterocycles. The number of H-pyrrole nitrogens is 1. The molecule has 0 spiro atoms. The Morgan fingerprint density at radius 1 is 1.36 bits per heavy atom. The molecule has 8 heteroatoms. The first kappa shape index (κ1) is 17.4. The first-order valence-corrected chi connectivity index (χ1v) is 10.2. The van der Waals surface area contributed by atoms with Gasteiger partial charge in [-0.2, -0.15) is 5.10 Å². The van der Waals surface area contributed by atoms with Gasteiger partial charge >= 0.3 is 0 Å². The zero-order valence-electron chi connectivity index (χ0n) is 15.2. The summed E-state index contributed by atoms with van der Waals surface area (Å²) >= 11 is 1.44. The highest BCUT2D eigenvalue weighted by molar-refractivity contribution is 7.14. The zero-order valence-corrected chi connectivity index (χ0v) is 16.0. The highest BCUT2D eigenvalue weighted by Gasteiger charge is 2.28. The van der Waals surface area contributed by atoms with Crippen LogP contribution in [0.25, 0.3) is 22.4 Å². The minimum atomic E-state index is -0.439. The summed E-state index contributed by atoms with van der Waals surface area (Å²) in [5, 5.41) is 17.2. The SMILES string of the molecule is O=C(c1nc2c(s1)CCOc1cc(-c3cn[nH]c3)ccc1-2)N1CCC[C@@H](O)C1. The molecule has 5 rings (SSSR count). The number of aromatic nitrogens is 3. The number of aliphatic hydroxyl groups is 1. The normalized spacial score (nSPS) is 18.8. The molecular weight excluding hydrogens is 376 g/mol. The molecule has 2 N–H and O–H groups in total. The third-order valence-electron chi connectivity index (χ3n) is 5.22. The molecule has 1 aromatic carbocycles. The van der Waals surface area contributed by atoms with E-state index in [1.807, 2.05) is 24.4 Å². The molecule has 2 aliphatic rings. The first-order valence-electron chi connectivity index (χ1n) is 9.42. The van der Waals surface area contributed by atoms with Gasteiger partial charge in [-0.1, -0.05) is 6.07 Å². The molecule has 3 aromatic rings. The Balaban J connectivity index is 1.49. The Kier molecular flexibility index (Phi) is 4.37. The van der Waals surface area contributed by atoms with Gasteiger partial charge in [-0.3, -0.25) is 9.89 Å². The maximum Gasteiger partial charge on any atom is 0.282 e. The van der Waals surface area contributed by atoms with E-state index in [0.29, 0.717) is 24.7 Å². The van der Waals surface area contributed by atoms with Crippen LogP contribution in [0.2, 0.25) is 0 Å². The maximum atomic E-state index is 12.9. The second kappa shape index (κ2) is 7.03. The van der Waals surface area contributed by atoms with Gasteiger partial charge in [-0.25, -0.2) is 4.98 Å². The van der Waals surface area contributed by atoms with Crippen molar-refractivity contribution in [1.82, 2.24) is 20.1 Å². The lowest BCUT2D eigenvalue weighted by molar-refractivity contribution is 0.0473. The van der Waals surface area contributed by atoms with E-state index in [1.165, 1.54) is 11.3 Å². The summed E-state index contributed by atoms with van der Waals surface area (Å²) in [6.45, 7) is 1.61. The summed E-state index contributed by atoms with van der Waals surface area (Å²) in [5.41, 5.74) is 3.75. The molecule has 1 fully saturated rings. The van der Waals surface area contributed by atoms with Gasteiger partial charge in [-0.05, 0) is 30.5 Å². The maximum absolute atomic E-state index is 12.9. The van der Waals surface area contributed by atoms with Gasteiger partial charge in [0.05, 0.1) is 24.6 Å². The number of likely N-dealkylation sites (tertiary alicyclic amines) is 1. The minimum absolute atomic E-state index is 0.0886. The zero-order chi connectivity index (χ0) is 19.1. The number of ether oxygens (including phenoxy) is 1. The van der Waals surface area contributed by atoms with Gasteiger partial charge in [0.1, 0.15) is 5.75 Å². The van der Waals surface area contributed by atoms with Crippen molar-refractivity contribution < 1.29 is 14.6 Å². The highest BCUT2D eigenvalue weighted by Crippen LogP contribution is 2.39. The van der Waals surface area contributed by atoms with E-state index in [2.05, 4.69) is 10.2 Å². The lowest BCUT2D eigenvalue weighted by Gasteiger charge is -2.29. The smallest absolute Gasteiger partial charge is 0.282 e. The summed E-state index contributed by atoms with van der Waals surface area (Å²) < 4.78 is 5.97. The van der Waals surface area contributed by atoms with Crippen LogP contribution in [0.1, 0.15) is 27.5 Å². The molecule has 0 radical (unpaired) electrons. The van der Waals surface area contributed by atoms with E-state index >= 15 is 0 Å². The van der Waals surface area contributed by atoms with Crippen LogP contribution in [0.4, 0.5) is 0 Å². The van der Waals surface area contributed by atoms with Gasteiger partial charge < -0.3 is 14.7 Å². The Labute approximate surface area is 166 Å². The largest absolute Gasteiger partial charge is 0.492 e. The number of amides is 1. The van der Waals surface area contributed by atoms with Gasteiger partial charge in [0.15, 0.2) is 5.01 Å². The minimum Gasteiger partial charge on any atom is -0.492 e. The number of hydrogen-bond acceptors (Lipinski definition) is 6. The fourth-order valence-electron chi connectivity index (χ4n) is 3.78. The summed E-state index contributed by atoms with van der Waals surface area (Å²) in [4.78, 5) is 20.4. The number of aromatic amines is 1. The van der Waals surface area contributed by atoms with Gasteiger partial charge in [0.2, 0.25) is 0 Å². The summed E-state index contributed by atoms with van der Waals surface area (Å²) in [6.07, 6.45) is 5.48. The van der Waals surface area contributed by atoms with E-state index in [4.69, 9.17) is 9.72 Å². The number of rotatable bonds is 2. The van der Waals surface area contributed by atoms with E-state index in [0.717, 1.165) is 52.3 Å². The summed E-state index contributed by atoms with van der Waals surface area (Å²) in [5.74, 6) is 0.685. The van der Waals surface area contributed by atoms with Gasteiger partial charge in [-0.15, -0.1) is 11.3 Å². The number of piperidine rings is 1. The Morgan fingerprint density at radius 3 is 3.11 bits per heavy atom. The van der Waals surface area contributed by atoms with E-state index in [9.17, 15) is 9.90 Å². The average molecular weight is 396 g/mol. The van der Waals surface area contributed by atoms with Crippen LogP contribution in [0.15, 0.2) is 30.6 Å². The molecule has 4 heterocycles. The van der Waals surface area contributed by atoms with E-state index in [1.54, 1.807) is 11.1 Å². The molecule has 1 saturated heterocycles. The number of thiazole rings is 1. The van der Waals surface area contributed by atoms with Crippen molar-refractivity contribution in [2.75, 3.05) is 19.7 Å². The predicted molar refractivity (Wildman–Crippen MR) is 105 cm³/mol. The summed E-state index contributed by atoms with van der Waals surface area (Å²) in [7, 11) is 0. The monoisotopic (exact) mass is 396 g/mol. The highest BCUT2D eigenvalue weighted by atomic mass is 32.1. The molecule has 0 saturated carbocycles. The van der Waals surface area contributed by atoms with Crippen LogP contribution in [-0.4, -0.2) is 56.9 Å².